The number of rotatable bonds is 11. The Morgan fingerprint density at radius 1 is 1.12 bits per heavy atom. The van der Waals surface area contributed by atoms with Gasteiger partial charge in [0.15, 0.2) is 5.15 Å². The highest BCUT2D eigenvalue weighted by molar-refractivity contribution is 6.30. The fourth-order valence-corrected chi connectivity index (χ4v) is 3.97. The van der Waals surface area contributed by atoms with Crippen molar-refractivity contribution >= 4 is 23.7 Å². The van der Waals surface area contributed by atoms with E-state index >= 15 is 0 Å². The van der Waals surface area contributed by atoms with E-state index < -0.39 is 12.1 Å². The minimum absolute atomic E-state index is 0.161. The predicted molar refractivity (Wildman–Crippen MR) is 132 cm³/mol. The summed E-state index contributed by atoms with van der Waals surface area (Å²) in [5.41, 5.74) is 3.19. The molecule has 2 N–H and O–H groups in total. The quantitative estimate of drug-likeness (QED) is 0.352. The third kappa shape index (κ3) is 6.38. The fourth-order valence-electron chi connectivity index (χ4n) is 3.71. The van der Waals surface area contributed by atoms with Gasteiger partial charge in [-0.3, -0.25) is 0 Å². The zero-order chi connectivity index (χ0) is 24.5. The van der Waals surface area contributed by atoms with Crippen LogP contribution in [0.2, 0.25) is 5.15 Å². The van der Waals surface area contributed by atoms with Crippen LogP contribution in [0.5, 0.6) is 0 Å². The van der Waals surface area contributed by atoms with Crippen molar-refractivity contribution in [3.63, 3.8) is 0 Å². The van der Waals surface area contributed by atoms with Gasteiger partial charge in [-0.05, 0) is 35.6 Å². The monoisotopic (exact) mass is 483 g/mol. The standard InChI is InChI=1S/C26H30ClN3O4/c1-3-5-11-23-29-24(27)22(16-28-26(33)34-14-4-2)30(23)17-18-12-13-20(21(15-18)25(31)32)19-9-7-6-8-10-19/h6-10,12-13,15H,3-5,11,14,16-17H2,1-2H3,(H,28,33)(H,31,32). The van der Waals surface area contributed by atoms with Gasteiger partial charge in [-0.25, -0.2) is 14.6 Å². The number of aryl methyl sites for hydroxylation is 1. The number of halogens is 1. The highest BCUT2D eigenvalue weighted by Crippen LogP contribution is 2.27. The van der Waals surface area contributed by atoms with Gasteiger partial charge in [-0.15, -0.1) is 0 Å². The van der Waals surface area contributed by atoms with Crippen LogP contribution in [0, 0.1) is 0 Å². The minimum Gasteiger partial charge on any atom is -0.478 e. The summed E-state index contributed by atoms with van der Waals surface area (Å²) in [6.07, 6.45) is 2.88. The first-order valence-corrected chi connectivity index (χ1v) is 11.9. The molecular weight excluding hydrogens is 454 g/mol. The Morgan fingerprint density at radius 2 is 1.88 bits per heavy atom. The molecule has 3 rings (SSSR count). The lowest BCUT2D eigenvalue weighted by atomic mass is 9.97. The van der Waals surface area contributed by atoms with Crippen molar-refractivity contribution in [3.8, 4) is 11.1 Å². The molecule has 0 fully saturated rings. The highest BCUT2D eigenvalue weighted by atomic mass is 35.5. The third-order valence-corrected chi connectivity index (χ3v) is 5.74. The summed E-state index contributed by atoms with van der Waals surface area (Å²) in [5, 5.41) is 12.9. The van der Waals surface area contributed by atoms with E-state index in [1.165, 1.54) is 0 Å². The molecule has 0 aliphatic heterocycles. The Kier molecular flexibility index (Phi) is 9.10. The van der Waals surface area contributed by atoms with Crippen molar-refractivity contribution < 1.29 is 19.4 Å². The molecule has 0 saturated heterocycles. The van der Waals surface area contributed by atoms with Crippen molar-refractivity contribution in [2.24, 2.45) is 0 Å². The molecule has 0 atom stereocenters. The van der Waals surface area contributed by atoms with Crippen molar-refractivity contribution in [3.05, 3.63) is 76.3 Å². The molecule has 0 unspecified atom stereocenters. The molecule has 34 heavy (non-hydrogen) atoms. The molecule has 0 bridgehead atoms. The van der Waals surface area contributed by atoms with Crippen molar-refractivity contribution in [1.29, 1.82) is 0 Å². The van der Waals surface area contributed by atoms with Gasteiger partial charge in [0.1, 0.15) is 5.82 Å². The average molecular weight is 484 g/mol. The first kappa shape index (κ1) is 25.3. The maximum Gasteiger partial charge on any atom is 0.407 e. The summed E-state index contributed by atoms with van der Waals surface area (Å²) in [6.45, 7) is 4.91. The number of unbranched alkanes of at least 4 members (excludes halogenated alkanes) is 1. The Balaban J connectivity index is 1.93. The molecule has 2 aromatic carbocycles. The second-order valence-corrected chi connectivity index (χ2v) is 8.35. The average Bonchev–Trinajstić information content (AvgIpc) is 3.14. The summed E-state index contributed by atoms with van der Waals surface area (Å²) >= 11 is 6.45. The van der Waals surface area contributed by atoms with Crippen LogP contribution >= 0.6 is 11.6 Å². The van der Waals surface area contributed by atoms with Gasteiger partial charge >= 0.3 is 12.1 Å². The van der Waals surface area contributed by atoms with Crippen LogP contribution in [0.4, 0.5) is 4.79 Å². The maximum absolute atomic E-state index is 12.0. The van der Waals surface area contributed by atoms with Crippen LogP contribution < -0.4 is 5.32 Å². The molecule has 0 aliphatic rings. The van der Waals surface area contributed by atoms with Crippen LogP contribution in [0.1, 0.15) is 60.5 Å². The van der Waals surface area contributed by atoms with Gasteiger partial charge in [-0.1, -0.05) is 74.3 Å². The van der Waals surface area contributed by atoms with E-state index in [0.29, 0.717) is 29.6 Å². The van der Waals surface area contributed by atoms with Crippen molar-refractivity contribution in [1.82, 2.24) is 14.9 Å². The molecular formula is C26H30ClN3O4. The molecule has 7 nitrogen and oxygen atoms in total. The van der Waals surface area contributed by atoms with Crippen LogP contribution in [-0.4, -0.2) is 33.3 Å². The van der Waals surface area contributed by atoms with E-state index in [2.05, 4.69) is 17.2 Å². The van der Waals surface area contributed by atoms with Gasteiger partial charge in [0.2, 0.25) is 0 Å². The summed E-state index contributed by atoms with van der Waals surface area (Å²) in [7, 11) is 0. The number of amides is 1. The topological polar surface area (TPSA) is 93.5 Å². The smallest absolute Gasteiger partial charge is 0.407 e. The van der Waals surface area contributed by atoms with Crippen LogP contribution in [0.25, 0.3) is 11.1 Å². The molecule has 0 saturated carbocycles. The molecule has 0 radical (unpaired) electrons. The maximum atomic E-state index is 12.0. The molecule has 1 heterocycles. The van der Waals surface area contributed by atoms with Gasteiger partial charge in [0, 0.05) is 13.0 Å². The lowest BCUT2D eigenvalue weighted by molar-refractivity contribution is 0.0697. The van der Waals surface area contributed by atoms with Crippen LogP contribution in [0.15, 0.2) is 48.5 Å². The number of carboxylic acid groups (broad SMARTS) is 1. The van der Waals surface area contributed by atoms with Gasteiger partial charge in [0.25, 0.3) is 0 Å². The molecule has 8 heteroatoms. The number of nitrogens with zero attached hydrogens (tertiary/aromatic N) is 2. The summed E-state index contributed by atoms with van der Waals surface area (Å²) in [6, 6.07) is 14.9. The number of nitrogens with one attached hydrogen (secondary N) is 1. The van der Waals surface area contributed by atoms with E-state index in [1.807, 2.05) is 54.0 Å². The summed E-state index contributed by atoms with van der Waals surface area (Å²) < 4.78 is 7.05. The zero-order valence-electron chi connectivity index (χ0n) is 19.5. The Morgan fingerprint density at radius 3 is 2.56 bits per heavy atom. The molecule has 3 aromatic rings. The first-order chi connectivity index (χ1) is 16.4. The number of carboxylic acids is 1. The lowest BCUT2D eigenvalue weighted by Gasteiger charge is -2.15. The molecule has 0 spiro atoms. The second kappa shape index (κ2) is 12.2. The first-order valence-electron chi connectivity index (χ1n) is 11.5. The number of hydrogen-bond acceptors (Lipinski definition) is 4. The van der Waals surface area contributed by atoms with E-state index in [9.17, 15) is 14.7 Å². The van der Waals surface area contributed by atoms with Crippen LogP contribution in [0.3, 0.4) is 0 Å². The zero-order valence-corrected chi connectivity index (χ0v) is 20.3. The van der Waals surface area contributed by atoms with Crippen molar-refractivity contribution in [2.75, 3.05) is 6.61 Å². The number of aromatic carboxylic acids is 1. The lowest BCUT2D eigenvalue weighted by Crippen LogP contribution is -2.26. The molecule has 1 amide bonds. The number of carbonyl (C=O) groups excluding carboxylic acids is 1. The SMILES string of the molecule is CCCCc1nc(Cl)c(CNC(=O)OCCC)n1Cc1ccc(-c2ccccc2)c(C(=O)O)c1. The largest absolute Gasteiger partial charge is 0.478 e. The van der Waals surface area contributed by atoms with Crippen LogP contribution in [-0.2, 0) is 24.2 Å². The second-order valence-electron chi connectivity index (χ2n) is 8.00. The van der Waals surface area contributed by atoms with E-state index in [4.69, 9.17) is 16.3 Å². The number of hydrogen-bond donors (Lipinski definition) is 2. The van der Waals surface area contributed by atoms with E-state index in [-0.39, 0.29) is 12.1 Å². The number of alkyl carbamates (subject to hydrolysis) is 1. The number of aromatic nitrogens is 2. The van der Waals surface area contributed by atoms with Gasteiger partial charge in [-0.2, -0.15) is 0 Å². The third-order valence-electron chi connectivity index (χ3n) is 5.43. The normalized spacial score (nSPS) is 10.8. The van der Waals surface area contributed by atoms with Gasteiger partial charge < -0.3 is 19.7 Å². The van der Waals surface area contributed by atoms with Gasteiger partial charge in [0.05, 0.1) is 24.4 Å². The van der Waals surface area contributed by atoms with Crippen molar-refractivity contribution in [2.45, 2.75) is 52.6 Å². The Labute approximate surface area is 204 Å². The summed E-state index contributed by atoms with van der Waals surface area (Å²) in [5.74, 6) is -0.189. The number of ether oxygens (including phenoxy) is 1. The highest BCUT2D eigenvalue weighted by Gasteiger charge is 2.19. The van der Waals surface area contributed by atoms with E-state index in [1.54, 1.807) is 6.07 Å². The number of carbonyl (C=O) groups is 2. The molecule has 180 valence electrons. The Bertz CT molecular complexity index is 1130. The molecule has 1 aromatic heterocycles. The number of imidazole rings is 1. The fraction of sp³-hybridized carbons (Fsp3) is 0.346. The van der Waals surface area contributed by atoms with E-state index in [0.717, 1.165) is 42.6 Å². The number of benzene rings is 2. The predicted octanol–water partition coefficient (Wildman–Crippen LogP) is 5.93. The Hall–Kier alpha value is -3.32. The summed E-state index contributed by atoms with van der Waals surface area (Å²) in [4.78, 5) is 28.5. The molecule has 0 aliphatic carbocycles. The minimum atomic E-state index is -0.990.